The summed E-state index contributed by atoms with van der Waals surface area (Å²) in [6.07, 6.45) is 2.19. The number of nitrogens with zero attached hydrogens (tertiary/aromatic N) is 2. The highest BCUT2D eigenvalue weighted by molar-refractivity contribution is 6.47. The molecule has 0 aliphatic carbocycles. The summed E-state index contributed by atoms with van der Waals surface area (Å²) >= 11 is 0. The van der Waals surface area contributed by atoms with Crippen LogP contribution in [-0.4, -0.2) is 13.2 Å². The molecule has 0 aliphatic rings. The third-order valence-electron chi connectivity index (χ3n) is 16.7. The minimum atomic E-state index is 0.477. The van der Waals surface area contributed by atoms with Gasteiger partial charge >= 0.3 is 0 Å². The number of anilines is 6. The molecule has 0 fully saturated rings. The standard InChI is InChI=1S/C74H64N2O2/c1-7-47(5)49-27-31-53(32-28-49)75(55-35-39-57(40-36-55)77-9-3)65-45-43-63-69-59(65)23-17-25-61(69)71-67(51-19-13-11-14-20-51)72-62-26-18-24-60-66(46-44-64(70(60)62)74(72)68(73(63)71)52-21-15-12-16-22-52)76(56-37-41-58(42-38-56)78-10-4)54-33-29-50(30-34-54)48(6)8-2/h11-48H,7-10H2,1-6H3. The fraction of sp³-hybridized carbons (Fsp3) is 0.162. The minimum Gasteiger partial charge on any atom is -0.494 e. The van der Waals surface area contributed by atoms with Crippen molar-refractivity contribution in [1.82, 2.24) is 0 Å². The zero-order valence-corrected chi connectivity index (χ0v) is 45.5. The first kappa shape index (κ1) is 48.8. The molecule has 0 radical (unpaired) electrons. The molecule has 4 heteroatoms. The van der Waals surface area contributed by atoms with Gasteiger partial charge in [-0.1, -0.05) is 161 Å². The molecule has 0 heterocycles. The smallest absolute Gasteiger partial charge is 0.119 e. The topological polar surface area (TPSA) is 24.9 Å². The maximum atomic E-state index is 5.97. The zero-order chi connectivity index (χ0) is 53.0. The Morgan fingerprint density at radius 3 is 0.962 bits per heavy atom. The Balaban J connectivity index is 1.12. The van der Waals surface area contributed by atoms with Crippen LogP contribution >= 0.6 is 0 Å². The quantitative estimate of drug-likeness (QED) is 0.0963. The lowest BCUT2D eigenvalue weighted by Crippen LogP contribution is -2.10. The van der Waals surface area contributed by atoms with Gasteiger partial charge in [-0.15, -0.1) is 0 Å². The van der Waals surface area contributed by atoms with Gasteiger partial charge in [0, 0.05) is 33.5 Å². The summed E-state index contributed by atoms with van der Waals surface area (Å²) in [5.74, 6) is 2.68. The molecule has 0 bridgehead atoms. The van der Waals surface area contributed by atoms with Crippen molar-refractivity contribution in [3.05, 3.63) is 230 Å². The first-order chi connectivity index (χ1) is 38.4. The van der Waals surface area contributed by atoms with Gasteiger partial charge in [-0.25, -0.2) is 0 Å². The molecule has 13 aromatic rings. The van der Waals surface area contributed by atoms with E-state index in [2.05, 4.69) is 256 Å². The normalized spacial score (nSPS) is 12.6. The molecule has 78 heavy (non-hydrogen) atoms. The predicted molar refractivity (Wildman–Crippen MR) is 334 cm³/mol. The highest BCUT2D eigenvalue weighted by Crippen LogP contribution is 2.58. The highest BCUT2D eigenvalue weighted by Gasteiger charge is 2.30. The average Bonchev–Trinajstić information content (AvgIpc) is 4.06. The number of benzene rings is 11. The van der Waals surface area contributed by atoms with Crippen LogP contribution in [0.1, 0.15) is 77.3 Å². The fourth-order valence-corrected chi connectivity index (χ4v) is 12.6. The Bertz CT molecular complexity index is 3910. The Morgan fingerprint density at radius 1 is 0.308 bits per heavy atom. The molecular weight excluding hydrogens is 949 g/mol. The Morgan fingerprint density at radius 2 is 0.628 bits per heavy atom. The van der Waals surface area contributed by atoms with Crippen molar-refractivity contribution in [1.29, 1.82) is 0 Å². The SMILES string of the molecule is CCOc1ccc(N(c2ccc(C(C)CC)cc2)c2ccc3c4c(-c5ccccc5)c5c6ccc(N(c7ccc(OCC)cc7)c7ccc(C(C)CC)cc7)c7cccc(c5c(-c5ccccc5)c4c4cccc2c43)c76)cc1. The number of fused-ring (bicyclic) bond motifs is 6. The first-order valence-electron chi connectivity index (χ1n) is 28.1. The van der Waals surface area contributed by atoms with Crippen LogP contribution < -0.4 is 19.3 Å². The number of hydrogen-bond donors (Lipinski definition) is 0. The maximum absolute atomic E-state index is 5.97. The van der Waals surface area contributed by atoms with Crippen LogP contribution in [0.4, 0.5) is 34.1 Å². The Hall–Kier alpha value is -8.86. The molecule has 0 saturated carbocycles. The molecule has 0 amide bonds. The van der Waals surface area contributed by atoms with Crippen molar-refractivity contribution in [3.8, 4) is 33.8 Å². The summed E-state index contributed by atoms with van der Waals surface area (Å²) in [6, 6.07) is 81.5. The minimum absolute atomic E-state index is 0.477. The number of rotatable bonds is 16. The van der Waals surface area contributed by atoms with E-state index in [4.69, 9.17) is 9.47 Å². The lowest BCUT2D eigenvalue weighted by atomic mass is 9.87. The molecule has 382 valence electrons. The van der Waals surface area contributed by atoms with Gasteiger partial charge in [0.05, 0.1) is 24.6 Å². The first-order valence-corrected chi connectivity index (χ1v) is 28.1. The van der Waals surface area contributed by atoms with Gasteiger partial charge in [0.1, 0.15) is 11.5 Å². The van der Waals surface area contributed by atoms with Gasteiger partial charge < -0.3 is 19.3 Å². The highest BCUT2D eigenvalue weighted by atomic mass is 16.5. The van der Waals surface area contributed by atoms with E-state index in [0.29, 0.717) is 25.0 Å². The second kappa shape index (κ2) is 20.3. The lowest BCUT2D eigenvalue weighted by Gasteiger charge is -2.27. The second-order valence-corrected chi connectivity index (χ2v) is 21.0. The van der Waals surface area contributed by atoms with Gasteiger partial charge in [-0.2, -0.15) is 0 Å². The summed E-state index contributed by atoms with van der Waals surface area (Å²) in [7, 11) is 0. The molecule has 0 N–H and O–H groups in total. The van der Waals surface area contributed by atoms with Crippen LogP contribution in [0, 0.1) is 0 Å². The van der Waals surface area contributed by atoms with E-state index < -0.39 is 0 Å². The number of hydrogen-bond acceptors (Lipinski definition) is 4. The van der Waals surface area contributed by atoms with Crippen molar-refractivity contribution >= 4 is 98.8 Å². The molecule has 2 unspecified atom stereocenters. The van der Waals surface area contributed by atoms with Gasteiger partial charge in [0.15, 0.2) is 0 Å². The van der Waals surface area contributed by atoms with Gasteiger partial charge in [0.2, 0.25) is 0 Å². The van der Waals surface area contributed by atoms with Crippen LogP contribution in [0.15, 0.2) is 218 Å². The molecule has 13 rings (SSSR count). The summed E-state index contributed by atoms with van der Waals surface area (Å²) in [5, 5.41) is 15.1. The van der Waals surface area contributed by atoms with Gasteiger partial charge in [0.25, 0.3) is 0 Å². The number of ether oxygens (including phenoxy) is 2. The second-order valence-electron chi connectivity index (χ2n) is 21.0. The van der Waals surface area contributed by atoms with E-state index in [9.17, 15) is 0 Å². The lowest BCUT2D eigenvalue weighted by molar-refractivity contribution is 0.340. The zero-order valence-electron chi connectivity index (χ0n) is 45.5. The van der Waals surface area contributed by atoms with Crippen LogP contribution in [0.25, 0.3) is 86.9 Å². The van der Waals surface area contributed by atoms with Gasteiger partial charge in [-0.05, 0) is 211 Å². The van der Waals surface area contributed by atoms with Crippen molar-refractivity contribution in [2.45, 2.75) is 66.2 Å². The van der Waals surface area contributed by atoms with Crippen LogP contribution in [0.2, 0.25) is 0 Å². The summed E-state index contributed by atoms with van der Waals surface area (Å²) in [4.78, 5) is 4.87. The molecule has 0 saturated heterocycles. The molecule has 0 spiro atoms. The third-order valence-corrected chi connectivity index (χ3v) is 16.7. The van der Waals surface area contributed by atoms with E-state index in [1.807, 2.05) is 13.8 Å². The molecule has 4 nitrogen and oxygen atoms in total. The van der Waals surface area contributed by atoms with E-state index >= 15 is 0 Å². The van der Waals surface area contributed by atoms with E-state index in [0.717, 1.165) is 58.5 Å². The summed E-state index contributed by atoms with van der Waals surface area (Å²) in [5.41, 5.74) is 14.3. The van der Waals surface area contributed by atoms with E-state index in [1.54, 1.807) is 0 Å². The summed E-state index contributed by atoms with van der Waals surface area (Å²) in [6.45, 7) is 14.5. The monoisotopic (exact) mass is 1010 g/mol. The van der Waals surface area contributed by atoms with E-state index in [-0.39, 0.29) is 0 Å². The van der Waals surface area contributed by atoms with Crippen molar-refractivity contribution in [2.75, 3.05) is 23.0 Å². The van der Waals surface area contributed by atoms with Crippen molar-refractivity contribution < 1.29 is 9.47 Å². The van der Waals surface area contributed by atoms with Crippen molar-refractivity contribution in [2.24, 2.45) is 0 Å². The molecule has 13 aromatic carbocycles. The molecule has 2 atom stereocenters. The van der Waals surface area contributed by atoms with Crippen molar-refractivity contribution in [3.63, 3.8) is 0 Å². The van der Waals surface area contributed by atoms with Gasteiger partial charge in [-0.3, -0.25) is 0 Å². The maximum Gasteiger partial charge on any atom is 0.119 e. The molecule has 0 aliphatic heterocycles. The third kappa shape index (κ3) is 8.04. The largest absolute Gasteiger partial charge is 0.494 e. The Kier molecular flexibility index (Phi) is 12.7. The molecule has 0 aromatic heterocycles. The van der Waals surface area contributed by atoms with Crippen LogP contribution in [0.3, 0.4) is 0 Å². The fourth-order valence-electron chi connectivity index (χ4n) is 12.6. The molecular formula is C74H64N2O2. The van der Waals surface area contributed by atoms with Crippen LogP contribution in [-0.2, 0) is 0 Å². The predicted octanol–water partition coefficient (Wildman–Crippen LogP) is 21.6. The average molecular weight is 1010 g/mol. The summed E-state index contributed by atoms with van der Waals surface area (Å²) < 4.78 is 11.9. The Labute approximate surface area is 458 Å². The van der Waals surface area contributed by atoms with E-state index in [1.165, 1.54) is 98.0 Å². The van der Waals surface area contributed by atoms with Crippen LogP contribution in [0.5, 0.6) is 11.5 Å².